The molecule has 0 saturated carbocycles. The number of carbonyl (C=O) groups is 13. The summed E-state index contributed by atoms with van der Waals surface area (Å²) in [6, 6.07) is -10.5. The first-order valence-electron chi connectivity index (χ1n) is 36.1. The molecule has 0 radical (unpaired) electrons. The molecule has 23 atom stereocenters. The Balaban J connectivity index is 1.83. The molecule has 0 aromatic heterocycles. The highest BCUT2D eigenvalue weighted by atomic mass is 35.5. The number of methoxy groups -OCH3 is 2. The van der Waals surface area contributed by atoms with Gasteiger partial charge in [-0.25, -0.2) is 4.79 Å². The molecule has 3 aliphatic heterocycles. The number of piperidine rings is 1. The Hall–Kier alpha value is -8.76. The number of nitrogens with zero attached hydrogens (tertiary/aromatic N) is 2. The van der Waals surface area contributed by atoms with Crippen LogP contribution in [-0.2, 0) is 81.3 Å². The largest absolute Gasteiger partial charge is 0.462 e. The molecule has 3 aliphatic rings. The van der Waals surface area contributed by atoms with Crippen LogP contribution in [0.15, 0.2) is 59.8 Å². The van der Waals surface area contributed by atoms with E-state index in [4.69, 9.17) is 46.8 Å². The first-order chi connectivity index (χ1) is 51.4. The third-order valence-corrected chi connectivity index (χ3v) is 19.7. The normalized spacial score (nSPS) is 27.8. The van der Waals surface area contributed by atoms with Crippen molar-refractivity contribution in [3.05, 3.63) is 65.4 Å². The summed E-state index contributed by atoms with van der Waals surface area (Å²) in [5, 5.41) is 85.1. The number of esters is 1. The molecule has 0 spiro atoms. The third kappa shape index (κ3) is 25.4. The number of nitrogens with one attached hydrogen (secondary N) is 9. The lowest BCUT2D eigenvalue weighted by Gasteiger charge is -2.41. The number of benzene rings is 1. The monoisotopic (exact) mass is 1580 g/mol. The van der Waals surface area contributed by atoms with Gasteiger partial charge in [0.15, 0.2) is 5.60 Å². The predicted molar refractivity (Wildman–Crippen MR) is 394 cm³/mol. The van der Waals surface area contributed by atoms with E-state index in [1.807, 2.05) is 19.9 Å². The zero-order chi connectivity index (χ0) is 83.3. The van der Waals surface area contributed by atoms with Crippen molar-refractivity contribution in [3.8, 4) is 5.75 Å². The van der Waals surface area contributed by atoms with Gasteiger partial charge in [0.25, 0.3) is 11.8 Å². The Bertz CT molecular complexity index is 3510. The van der Waals surface area contributed by atoms with Gasteiger partial charge in [0, 0.05) is 45.1 Å². The number of amides is 12. The average Bonchev–Trinajstić information content (AvgIpc) is 0.787. The number of aliphatic hydroxyl groups excluding tert-OH is 5. The van der Waals surface area contributed by atoms with E-state index < -0.39 is 240 Å². The van der Waals surface area contributed by atoms with Gasteiger partial charge in [-0.15, -0.1) is 11.6 Å². The van der Waals surface area contributed by atoms with Gasteiger partial charge in [-0.3, -0.25) is 57.5 Å². The number of allylic oxidation sites excluding steroid dienone is 4. The van der Waals surface area contributed by atoms with E-state index in [9.17, 15) is 73.8 Å². The number of rotatable bonds is 28. The predicted octanol–water partition coefficient (Wildman–Crippen LogP) is -4.44. The van der Waals surface area contributed by atoms with Crippen LogP contribution < -0.4 is 64.1 Å². The van der Waals surface area contributed by atoms with Crippen molar-refractivity contribution in [3.63, 3.8) is 0 Å². The fraction of sp³-hybridized carbons (Fsp3) is 0.653. The minimum absolute atomic E-state index is 0.000863. The van der Waals surface area contributed by atoms with E-state index in [0.29, 0.717) is 0 Å². The van der Waals surface area contributed by atoms with Gasteiger partial charge in [-0.1, -0.05) is 90.0 Å². The van der Waals surface area contributed by atoms with Gasteiger partial charge >= 0.3 is 5.97 Å². The average molecular weight is 1580 g/mol. The van der Waals surface area contributed by atoms with E-state index in [2.05, 4.69) is 47.9 Å². The van der Waals surface area contributed by atoms with Crippen molar-refractivity contribution in [2.45, 2.75) is 230 Å². The van der Waals surface area contributed by atoms with Crippen LogP contribution >= 0.6 is 11.6 Å². The Morgan fingerprint density at radius 2 is 1.49 bits per heavy atom. The van der Waals surface area contributed by atoms with E-state index in [0.717, 1.165) is 49.0 Å². The van der Waals surface area contributed by atoms with Gasteiger partial charge in [0.2, 0.25) is 65.4 Å². The van der Waals surface area contributed by atoms with E-state index in [1.165, 1.54) is 106 Å². The molecule has 1 aromatic rings. The number of cyclic esters (lactones) is 1. The van der Waals surface area contributed by atoms with Gasteiger partial charge in [0.05, 0.1) is 31.9 Å². The standard InChI is InChI=1S/C72H112ClN13O24/c1-17-33(5)27-34(6)19-24-47(88)72(13,105)71(104)77-30-49(90)79-44(18-2)62(96)82-51(37(9)74)64(98)81-50(35(7)36(8)60(75)94)63(97)83-52-58(32(3)4)110-69(103)46-28-42(73)25-26-86(46)68(102)53(59(107-16)41-20-22-43(23-21-41)109-70-57(93)56(92)55(91)40(12)108-70)84-66(100)54(39(11)87)85(14)67(101)38(10)78-48(89)29-76-61(95)45(31-106-15)80-65(52)99/h18-24,27,32-33,35-40,42,45-47,50-59,70,87-88,91-93,105H,17,25-26,28-31,74H2,1-16H3,(H2,75,94)(H,76,95)(H,77,104)(H,78,89)(H,79,90)(H,80,99)(H,81,98)(H,82,96)(H,83,97)(H,84,100)/b24-19-,34-27+,44-18-/t33?,35-,36+,37-,38-,39+,40-,42-,45+,46?,47?,50-,51-,52+,53?,54?,55-,56+,57+,58+,59+,70-,72?/m0/s1. The molecule has 19 N–H and O–H groups in total. The summed E-state index contributed by atoms with van der Waals surface area (Å²) in [5.41, 5.74) is 10.0. The Morgan fingerprint density at radius 3 is 2.05 bits per heavy atom. The van der Waals surface area contributed by atoms with Crippen LogP contribution in [0.2, 0.25) is 0 Å². The number of halogens is 1. The second-order valence-corrected chi connectivity index (χ2v) is 29.1. The van der Waals surface area contributed by atoms with E-state index >= 15 is 19.2 Å². The Morgan fingerprint density at radius 1 is 0.855 bits per heavy atom. The second-order valence-electron chi connectivity index (χ2n) is 28.5. The van der Waals surface area contributed by atoms with Gasteiger partial charge in [0.1, 0.15) is 96.4 Å². The van der Waals surface area contributed by atoms with Crippen LogP contribution in [0.4, 0.5) is 0 Å². The van der Waals surface area contributed by atoms with Crippen molar-refractivity contribution >= 4 is 88.5 Å². The highest BCUT2D eigenvalue weighted by Gasteiger charge is 2.49. The number of alkyl halides is 1. The molecular formula is C72H112ClN13O24. The molecule has 12 amide bonds. The minimum atomic E-state index is -2.44. The summed E-state index contributed by atoms with van der Waals surface area (Å²) in [6.45, 7) is 16.0. The molecule has 6 unspecified atom stereocenters. The molecule has 3 heterocycles. The molecule has 1 aromatic carbocycles. The van der Waals surface area contributed by atoms with Crippen LogP contribution in [0.3, 0.4) is 0 Å². The number of carbonyl (C=O) groups excluding carboxylic acids is 13. The molecule has 0 bridgehead atoms. The number of hydrogen-bond acceptors (Lipinski definition) is 25. The quantitative estimate of drug-likeness (QED) is 0.0163. The number of aliphatic hydroxyl groups is 6. The topological polar surface area (TPSA) is 556 Å². The molecule has 3 saturated heterocycles. The first kappa shape index (κ1) is 93.6. The minimum Gasteiger partial charge on any atom is -0.462 e. The van der Waals surface area contributed by atoms with Gasteiger partial charge in [-0.05, 0) is 96.8 Å². The van der Waals surface area contributed by atoms with Gasteiger partial charge in [-0.2, -0.15) is 0 Å². The second kappa shape index (κ2) is 42.6. The van der Waals surface area contributed by atoms with Crippen LogP contribution in [0, 0.1) is 23.7 Å². The van der Waals surface area contributed by atoms with Crippen molar-refractivity contribution in [1.29, 1.82) is 0 Å². The van der Waals surface area contributed by atoms with Crippen LogP contribution in [-0.4, -0.2) is 279 Å². The molecule has 616 valence electrons. The van der Waals surface area contributed by atoms with Gasteiger partial charge < -0.3 is 123 Å². The van der Waals surface area contributed by atoms with Crippen molar-refractivity contribution in [2.24, 2.45) is 35.1 Å². The Kier molecular flexibility index (Phi) is 36.3. The summed E-state index contributed by atoms with van der Waals surface area (Å²) in [4.78, 5) is 188. The molecule has 37 nitrogen and oxygen atoms in total. The molecule has 4 rings (SSSR count). The molecule has 38 heteroatoms. The summed E-state index contributed by atoms with van der Waals surface area (Å²) in [5.74, 6) is -18.2. The lowest BCUT2D eigenvalue weighted by Crippen LogP contribution is -2.66. The number of likely N-dealkylation sites (N-methyl/N-ethyl adjacent to an activating group) is 1. The smallest absolute Gasteiger partial charge is 0.329 e. The summed E-state index contributed by atoms with van der Waals surface area (Å²) in [7, 11) is 3.45. The van der Waals surface area contributed by atoms with Crippen LogP contribution in [0.25, 0.3) is 0 Å². The number of fused-ring (bicyclic) bond motifs is 1. The maximum Gasteiger partial charge on any atom is 0.329 e. The Labute approximate surface area is 643 Å². The maximum absolute atomic E-state index is 15.7. The summed E-state index contributed by atoms with van der Waals surface area (Å²) in [6.07, 6.45) is -7.90. The highest BCUT2D eigenvalue weighted by molar-refractivity contribution is 6.21. The fourth-order valence-corrected chi connectivity index (χ4v) is 12.4. The number of nitrogens with two attached hydrogens (primary N) is 2. The zero-order valence-corrected chi connectivity index (χ0v) is 65.6. The zero-order valence-electron chi connectivity index (χ0n) is 64.8. The summed E-state index contributed by atoms with van der Waals surface area (Å²) >= 11 is 6.82. The van der Waals surface area contributed by atoms with E-state index in [1.54, 1.807) is 6.92 Å². The maximum atomic E-state index is 15.7. The number of hydrogen-bond donors (Lipinski definition) is 17. The van der Waals surface area contributed by atoms with E-state index in [-0.39, 0.29) is 36.6 Å². The lowest BCUT2D eigenvalue weighted by atomic mass is 9.87. The molecule has 3 fully saturated rings. The number of primary amides is 1. The van der Waals surface area contributed by atoms with Crippen molar-refractivity contribution in [1.82, 2.24) is 57.7 Å². The highest BCUT2D eigenvalue weighted by Crippen LogP contribution is 2.32. The van der Waals surface area contributed by atoms with Crippen LogP contribution in [0.1, 0.15) is 121 Å². The SMILES string of the molecule is C/C=C(\NC(=O)CNC(=O)C(C)(O)C(O)/C=C\C(C)=C\C(C)CC)C(=O)N[C@H](C(=O)N[C@H](C(=O)N[C@H]1C(=O)N[C@H](COC)C(=O)NCC(=O)N[C@@H](C)C(=O)N(C)C([C@@H](C)O)C(=O)NC([C@H](OC)c2ccc(O[C@@H]3O[C@@H](C)[C@H](O)[C@@H](O)[C@H]3O)cc2)C(=O)N2CC[C@H](Cl)CC2C(=O)O[C@@H]1C(C)C)[C@@H](C)[C@@H](C)C(N)=O)[C@H](C)N. The summed E-state index contributed by atoms with van der Waals surface area (Å²) < 4.78 is 28.9. The molecule has 0 aliphatic carbocycles. The van der Waals surface area contributed by atoms with Crippen LogP contribution in [0.5, 0.6) is 5.75 Å². The third-order valence-electron chi connectivity index (χ3n) is 19.4. The lowest BCUT2D eigenvalue weighted by molar-refractivity contribution is -0.268. The van der Waals surface area contributed by atoms with Crippen molar-refractivity contribution in [2.75, 3.05) is 47.5 Å². The van der Waals surface area contributed by atoms with Crippen molar-refractivity contribution < 1.29 is 117 Å². The number of ether oxygens (including phenoxy) is 5. The molecular weight excluding hydrogens is 1470 g/mol. The first-order valence-corrected chi connectivity index (χ1v) is 36.6. The fourth-order valence-electron chi connectivity index (χ4n) is 12.2. The molecule has 110 heavy (non-hydrogen) atoms.